The van der Waals surface area contributed by atoms with Gasteiger partial charge in [-0.2, -0.15) is 4.98 Å². The van der Waals surface area contributed by atoms with Crippen molar-refractivity contribution in [1.29, 1.82) is 0 Å². The van der Waals surface area contributed by atoms with Gasteiger partial charge in [-0.15, -0.1) is 0 Å². The summed E-state index contributed by atoms with van der Waals surface area (Å²) in [5, 5.41) is 14.4. The van der Waals surface area contributed by atoms with Gasteiger partial charge in [0.15, 0.2) is 12.0 Å². The predicted molar refractivity (Wildman–Crippen MR) is 140 cm³/mol. The monoisotopic (exact) mass is 479 g/mol. The van der Waals surface area contributed by atoms with E-state index in [2.05, 4.69) is 35.4 Å². The van der Waals surface area contributed by atoms with Crippen molar-refractivity contribution in [1.82, 2.24) is 9.97 Å². The van der Waals surface area contributed by atoms with Crippen LogP contribution in [0.5, 0.6) is 0 Å². The third-order valence-corrected chi connectivity index (χ3v) is 7.02. The quantitative estimate of drug-likeness (QED) is 0.484. The minimum absolute atomic E-state index is 0.121. The summed E-state index contributed by atoms with van der Waals surface area (Å²) in [6.45, 7) is 3.16. The van der Waals surface area contributed by atoms with E-state index in [1.54, 1.807) is 18.9 Å². The highest BCUT2D eigenvalue weighted by Crippen LogP contribution is 2.35. The molecule has 4 rings (SSSR count). The Morgan fingerprint density at radius 3 is 2.85 bits per heavy atom. The molecule has 2 aliphatic heterocycles. The largest absolute Gasteiger partial charge is 0.396 e. The van der Waals surface area contributed by atoms with Crippen LogP contribution in [0.2, 0.25) is 0 Å². The van der Waals surface area contributed by atoms with E-state index in [1.165, 1.54) is 11.1 Å². The van der Waals surface area contributed by atoms with Gasteiger partial charge in [0.1, 0.15) is 5.04 Å². The van der Waals surface area contributed by atoms with E-state index >= 15 is 0 Å². The number of nitrogens with zero attached hydrogens (tertiary/aromatic N) is 4. The number of benzene rings is 1. The molecule has 0 bridgehead atoms. The average Bonchev–Trinajstić information content (AvgIpc) is 3.00. The molecule has 8 heteroatoms. The second-order valence-electron chi connectivity index (χ2n) is 8.63. The van der Waals surface area contributed by atoms with Crippen molar-refractivity contribution < 1.29 is 9.84 Å². The molecule has 0 amide bonds. The zero-order valence-corrected chi connectivity index (χ0v) is 20.7. The van der Waals surface area contributed by atoms with Gasteiger partial charge in [0.25, 0.3) is 0 Å². The van der Waals surface area contributed by atoms with Crippen LogP contribution in [0.1, 0.15) is 50.3 Å². The van der Waals surface area contributed by atoms with E-state index in [1.807, 2.05) is 24.3 Å². The maximum absolute atomic E-state index is 9.05. The number of aromatic nitrogens is 2. The SMILES string of the molecule is COC1CC=C2C(=N1)SC(=Nc1cc(Cc3ccccc3)nc(NCCCCO)n1)CCC2C. The van der Waals surface area contributed by atoms with Crippen molar-refractivity contribution in [2.24, 2.45) is 15.9 Å². The van der Waals surface area contributed by atoms with Gasteiger partial charge in [-0.3, -0.25) is 0 Å². The van der Waals surface area contributed by atoms with E-state index in [4.69, 9.17) is 24.8 Å². The van der Waals surface area contributed by atoms with Crippen molar-refractivity contribution in [3.8, 4) is 0 Å². The first-order chi connectivity index (χ1) is 16.6. The highest BCUT2D eigenvalue weighted by Gasteiger charge is 2.27. The van der Waals surface area contributed by atoms with Crippen LogP contribution in [0.25, 0.3) is 0 Å². The number of aliphatic hydroxyl groups excluding tert-OH is 1. The number of ether oxygens (including phenoxy) is 1. The lowest BCUT2D eigenvalue weighted by molar-refractivity contribution is 0.112. The number of hydrogen-bond acceptors (Lipinski definition) is 8. The Bertz CT molecular complexity index is 1050. The summed E-state index contributed by atoms with van der Waals surface area (Å²) in [7, 11) is 1.71. The zero-order valence-electron chi connectivity index (χ0n) is 19.9. The van der Waals surface area contributed by atoms with Crippen molar-refractivity contribution in [3.05, 3.63) is 59.3 Å². The van der Waals surface area contributed by atoms with E-state index in [0.29, 0.717) is 30.6 Å². The van der Waals surface area contributed by atoms with Crippen molar-refractivity contribution in [3.63, 3.8) is 0 Å². The third kappa shape index (κ3) is 6.74. The first-order valence-corrected chi connectivity index (χ1v) is 12.8. The Labute approximate surface area is 205 Å². The van der Waals surface area contributed by atoms with Gasteiger partial charge in [-0.25, -0.2) is 15.0 Å². The summed E-state index contributed by atoms with van der Waals surface area (Å²) in [5.74, 6) is 1.68. The van der Waals surface area contributed by atoms with Crippen LogP contribution >= 0.6 is 11.8 Å². The molecule has 1 fully saturated rings. The molecule has 0 saturated carbocycles. The van der Waals surface area contributed by atoms with Crippen LogP contribution in [-0.2, 0) is 11.2 Å². The van der Waals surface area contributed by atoms with Crippen LogP contribution < -0.4 is 5.32 Å². The topological polar surface area (TPSA) is 92.0 Å². The molecule has 2 aromatic rings. The second-order valence-corrected chi connectivity index (χ2v) is 9.69. The summed E-state index contributed by atoms with van der Waals surface area (Å²) in [5.41, 5.74) is 3.43. The zero-order chi connectivity index (χ0) is 23.8. The number of thioether (sulfide) groups is 1. The lowest BCUT2D eigenvalue weighted by Crippen LogP contribution is -2.18. The van der Waals surface area contributed by atoms with Crippen molar-refractivity contribution in [2.45, 2.75) is 51.7 Å². The Balaban J connectivity index is 1.60. The molecule has 34 heavy (non-hydrogen) atoms. The minimum Gasteiger partial charge on any atom is -0.396 e. The van der Waals surface area contributed by atoms with Crippen LogP contribution in [-0.4, -0.2) is 51.7 Å². The molecular formula is C26H33N5O2S. The average molecular weight is 480 g/mol. The number of methoxy groups -OCH3 is 1. The number of fused-ring (bicyclic) bond motifs is 1. The number of nitrogens with one attached hydrogen (secondary N) is 1. The van der Waals surface area contributed by atoms with Crippen molar-refractivity contribution >= 4 is 33.6 Å². The Morgan fingerprint density at radius 1 is 1.21 bits per heavy atom. The maximum Gasteiger partial charge on any atom is 0.224 e. The standard InChI is InChI=1S/C26H33N5O2S/c1-18-10-13-24(34-25-21(18)11-12-23(31-25)33-2)29-22-17-20(16-19-8-4-3-5-9-19)28-26(30-22)27-14-6-7-15-32/h3-5,8-9,11,17-18,23,32H,6-7,10,12-16H2,1-2H3,(H,27,28,30). The van der Waals surface area contributed by atoms with Crippen LogP contribution in [0.15, 0.2) is 58.0 Å². The van der Waals surface area contributed by atoms with E-state index in [0.717, 1.165) is 47.9 Å². The smallest absolute Gasteiger partial charge is 0.224 e. The third-order valence-electron chi connectivity index (χ3n) is 5.96. The van der Waals surface area contributed by atoms with E-state index < -0.39 is 0 Å². The number of anilines is 1. The molecule has 180 valence electrons. The van der Waals surface area contributed by atoms with Gasteiger partial charge in [-0.05, 0) is 42.7 Å². The molecule has 7 nitrogen and oxygen atoms in total. The summed E-state index contributed by atoms with van der Waals surface area (Å²) < 4.78 is 5.48. The van der Waals surface area contributed by atoms with Gasteiger partial charge >= 0.3 is 0 Å². The molecule has 1 saturated heterocycles. The molecule has 2 N–H and O–H groups in total. The fourth-order valence-electron chi connectivity index (χ4n) is 4.04. The van der Waals surface area contributed by atoms with Crippen LogP contribution in [0.3, 0.4) is 0 Å². The number of aliphatic hydroxyl groups is 1. The molecule has 2 aliphatic rings. The van der Waals surface area contributed by atoms with E-state index in [9.17, 15) is 0 Å². The predicted octanol–water partition coefficient (Wildman–Crippen LogP) is 5.15. The van der Waals surface area contributed by atoms with Gasteiger partial charge in [0.2, 0.25) is 5.95 Å². The highest BCUT2D eigenvalue weighted by molar-refractivity contribution is 8.27. The van der Waals surface area contributed by atoms with Gasteiger partial charge in [0.05, 0.1) is 10.7 Å². The second kappa shape index (κ2) is 12.2. The maximum atomic E-state index is 9.05. The minimum atomic E-state index is -0.121. The van der Waals surface area contributed by atoms with E-state index in [-0.39, 0.29) is 12.8 Å². The fourth-order valence-corrected chi connectivity index (χ4v) is 5.19. The number of aliphatic imine (C=N–C) groups is 2. The Morgan fingerprint density at radius 2 is 2.06 bits per heavy atom. The lowest BCUT2D eigenvalue weighted by Gasteiger charge is -2.21. The van der Waals surface area contributed by atoms with Crippen molar-refractivity contribution in [2.75, 3.05) is 25.6 Å². The first kappa shape index (κ1) is 24.6. The normalized spacial score (nSPS) is 21.4. The molecule has 2 unspecified atom stereocenters. The summed E-state index contributed by atoms with van der Waals surface area (Å²) in [4.78, 5) is 19.2. The Kier molecular flexibility index (Phi) is 8.85. The molecular weight excluding hydrogens is 446 g/mol. The number of dihydropyridines is 1. The number of rotatable bonds is 9. The highest BCUT2D eigenvalue weighted by atomic mass is 32.2. The van der Waals surface area contributed by atoms with Gasteiger partial charge in [0, 0.05) is 39.2 Å². The molecule has 2 atom stereocenters. The first-order valence-electron chi connectivity index (χ1n) is 12.0. The fraction of sp³-hybridized carbons (Fsp3) is 0.462. The lowest BCUT2D eigenvalue weighted by atomic mass is 9.95. The number of hydrogen-bond donors (Lipinski definition) is 2. The molecule has 3 heterocycles. The van der Waals surface area contributed by atoms with Gasteiger partial charge in [-0.1, -0.05) is 55.1 Å². The molecule has 0 radical (unpaired) electrons. The number of unbranched alkanes of at least 4 members (excludes halogenated alkanes) is 1. The van der Waals surface area contributed by atoms with Crippen LogP contribution in [0, 0.1) is 5.92 Å². The summed E-state index contributed by atoms with van der Waals surface area (Å²) in [6.07, 6.45) is 7.22. The molecule has 1 aromatic heterocycles. The van der Waals surface area contributed by atoms with Crippen LogP contribution in [0.4, 0.5) is 11.8 Å². The summed E-state index contributed by atoms with van der Waals surface area (Å²) in [6, 6.07) is 12.3. The molecule has 1 aromatic carbocycles. The summed E-state index contributed by atoms with van der Waals surface area (Å²) >= 11 is 1.64. The van der Waals surface area contributed by atoms with Gasteiger partial charge < -0.3 is 15.2 Å². The Hall–Kier alpha value is -2.55. The molecule has 0 spiro atoms. The molecule has 0 aliphatic carbocycles.